The zero-order valence-corrected chi connectivity index (χ0v) is 10.6. The van der Waals surface area contributed by atoms with Gasteiger partial charge in [0.2, 0.25) is 0 Å². The maximum absolute atomic E-state index is 11.2. The SMILES string of the molecule is CC(NC1CNCCC1C(=O)O)c1ccccc1. The van der Waals surface area contributed by atoms with E-state index in [9.17, 15) is 9.90 Å². The zero-order chi connectivity index (χ0) is 13.0. The first-order valence-corrected chi connectivity index (χ1v) is 6.43. The summed E-state index contributed by atoms with van der Waals surface area (Å²) in [5, 5.41) is 15.9. The minimum absolute atomic E-state index is 0.00791. The van der Waals surface area contributed by atoms with Crippen molar-refractivity contribution in [1.82, 2.24) is 10.6 Å². The molecule has 18 heavy (non-hydrogen) atoms. The van der Waals surface area contributed by atoms with Crippen LogP contribution >= 0.6 is 0 Å². The van der Waals surface area contributed by atoms with Crippen molar-refractivity contribution in [1.29, 1.82) is 0 Å². The fourth-order valence-electron chi connectivity index (χ4n) is 2.49. The number of piperidine rings is 1. The second-order valence-corrected chi connectivity index (χ2v) is 4.84. The van der Waals surface area contributed by atoms with E-state index in [1.54, 1.807) is 0 Å². The number of rotatable bonds is 4. The second-order valence-electron chi connectivity index (χ2n) is 4.84. The van der Waals surface area contributed by atoms with Crippen molar-refractivity contribution in [2.45, 2.75) is 25.4 Å². The van der Waals surface area contributed by atoms with E-state index in [1.165, 1.54) is 5.56 Å². The van der Waals surface area contributed by atoms with E-state index in [1.807, 2.05) is 18.2 Å². The predicted molar refractivity (Wildman–Crippen MR) is 70.4 cm³/mol. The van der Waals surface area contributed by atoms with Crippen molar-refractivity contribution in [3.05, 3.63) is 35.9 Å². The van der Waals surface area contributed by atoms with E-state index in [2.05, 4.69) is 29.7 Å². The highest BCUT2D eigenvalue weighted by atomic mass is 16.4. The number of carbonyl (C=O) groups is 1. The molecule has 1 aliphatic rings. The van der Waals surface area contributed by atoms with Gasteiger partial charge in [-0.3, -0.25) is 4.79 Å². The molecule has 0 aliphatic carbocycles. The third-order valence-corrected chi connectivity index (χ3v) is 3.56. The van der Waals surface area contributed by atoms with Gasteiger partial charge in [-0.05, 0) is 25.5 Å². The maximum Gasteiger partial charge on any atom is 0.308 e. The molecule has 0 spiro atoms. The van der Waals surface area contributed by atoms with Gasteiger partial charge in [0.05, 0.1) is 5.92 Å². The highest BCUT2D eigenvalue weighted by Crippen LogP contribution is 2.18. The summed E-state index contributed by atoms with van der Waals surface area (Å²) < 4.78 is 0. The molecule has 1 saturated heterocycles. The van der Waals surface area contributed by atoms with E-state index in [4.69, 9.17) is 0 Å². The van der Waals surface area contributed by atoms with Crippen LogP contribution in [0.1, 0.15) is 24.9 Å². The topological polar surface area (TPSA) is 61.4 Å². The lowest BCUT2D eigenvalue weighted by molar-refractivity contribution is -0.143. The molecule has 0 aromatic heterocycles. The second kappa shape index (κ2) is 5.98. The monoisotopic (exact) mass is 248 g/mol. The lowest BCUT2D eigenvalue weighted by atomic mass is 9.91. The third kappa shape index (κ3) is 3.09. The van der Waals surface area contributed by atoms with E-state index in [-0.39, 0.29) is 18.0 Å². The Morgan fingerprint density at radius 1 is 1.44 bits per heavy atom. The molecule has 1 aromatic carbocycles. The molecule has 1 aromatic rings. The van der Waals surface area contributed by atoms with Gasteiger partial charge in [-0.15, -0.1) is 0 Å². The Kier molecular flexibility index (Phi) is 4.33. The summed E-state index contributed by atoms with van der Waals surface area (Å²) in [4.78, 5) is 11.2. The summed E-state index contributed by atoms with van der Waals surface area (Å²) in [6.07, 6.45) is 0.689. The minimum Gasteiger partial charge on any atom is -0.481 e. The summed E-state index contributed by atoms with van der Waals surface area (Å²) in [7, 11) is 0. The van der Waals surface area contributed by atoms with Crippen LogP contribution < -0.4 is 10.6 Å². The zero-order valence-electron chi connectivity index (χ0n) is 10.6. The Hall–Kier alpha value is -1.39. The molecule has 1 fully saturated rings. The van der Waals surface area contributed by atoms with Crippen LogP contribution in [-0.2, 0) is 4.79 Å². The Morgan fingerprint density at radius 2 is 2.17 bits per heavy atom. The molecule has 1 aliphatic heterocycles. The molecular weight excluding hydrogens is 228 g/mol. The highest BCUT2D eigenvalue weighted by Gasteiger charge is 2.31. The first kappa shape index (κ1) is 13.1. The van der Waals surface area contributed by atoms with Crippen molar-refractivity contribution >= 4 is 5.97 Å². The summed E-state index contributed by atoms with van der Waals surface area (Å²) in [5.74, 6) is -0.994. The minimum atomic E-state index is -0.700. The van der Waals surface area contributed by atoms with Crippen molar-refractivity contribution in [2.75, 3.05) is 13.1 Å². The Labute approximate surface area is 107 Å². The van der Waals surface area contributed by atoms with E-state index in [0.29, 0.717) is 13.0 Å². The van der Waals surface area contributed by atoms with Crippen molar-refractivity contribution in [3.8, 4) is 0 Å². The molecule has 3 unspecified atom stereocenters. The molecule has 0 bridgehead atoms. The van der Waals surface area contributed by atoms with Crippen LogP contribution in [0, 0.1) is 5.92 Å². The van der Waals surface area contributed by atoms with Gasteiger partial charge in [-0.2, -0.15) is 0 Å². The summed E-state index contributed by atoms with van der Waals surface area (Å²) in [6, 6.07) is 10.3. The van der Waals surface area contributed by atoms with Crippen LogP contribution in [0.25, 0.3) is 0 Å². The average Bonchev–Trinajstić information content (AvgIpc) is 2.40. The number of carboxylic acids is 1. The van der Waals surface area contributed by atoms with Crippen LogP contribution in [0.3, 0.4) is 0 Å². The quantitative estimate of drug-likeness (QED) is 0.754. The van der Waals surface area contributed by atoms with Gasteiger partial charge in [0.15, 0.2) is 0 Å². The van der Waals surface area contributed by atoms with Gasteiger partial charge in [0.25, 0.3) is 0 Å². The molecule has 2 rings (SSSR count). The summed E-state index contributed by atoms with van der Waals surface area (Å²) >= 11 is 0. The molecule has 0 radical (unpaired) electrons. The summed E-state index contributed by atoms with van der Waals surface area (Å²) in [5.41, 5.74) is 1.19. The van der Waals surface area contributed by atoms with Crippen molar-refractivity contribution in [2.24, 2.45) is 5.92 Å². The van der Waals surface area contributed by atoms with Gasteiger partial charge < -0.3 is 15.7 Å². The molecule has 98 valence electrons. The normalized spacial score (nSPS) is 25.6. The third-order valence-electron chi connectivity index (χ3n) is 3.56. The summed E-state index contributed by atoms with van der Waals surface area (Å²) in [6.45, 7) is 3.58. The fraction of sp³-hybridized carbons (Fsp3) is 0.500. The lowest BCUT2D eigenvalue weighted by Gasteiger charge is -2.32. The average molecular weight is 248 g/mol. The molecule has 0 saturated carbocycles. The predicted octanol–water partition coefficient (Wildman–Crippen LogP) is 1.40. The van der Waals surface area contributed by atoms with Gasteiger partial charge in [0, 0.05) is 18.6 Å². The number of aliphatic carboxylic acids is 1. The Bertz CT molecular complexity index is 394. The van der Waals surface area contributed by atoms with Crippen molar-refractivity contribution < 1.29 is 9.90 Å². The standard InChI is InChI=1S/C14H20N2O2/c1-10(11-5-3-2-4-6-11)16-13-9-15-8-7-12(13)14(17)18/h2-6,10,12-13,15-16H,7-9H2,1H3,(H,17,18). The molecule has 3 N–H and O–H groups in total. The lowest BCUT2D eigenvalue weighted by Crippen LogP contribution is -2.52. The smallest absolute Gasteiger partial charge is 0.308 e. The molecule has 4 nitrogen and oxygen atoms in total. The van der Waals surface area contributed by atoms with Gasteiger partial charge in [0.1, 0.15) is 0 Å². The molecule has 1 heterocycles. The first-order valence-electron chi connectivity index (χ1n) is 6.43. The number of hydrogen-bond acceptors (Lipinski definition) is 3. The van der Waals surface area contributed by atoms with E-state index in [0.717, 1.165) is 6.54 Å². The van der Waals surface area contributed by atoms with Crippen LogP contribution in [0.2, 0.25) is 0 Å². The molecule has 3 atom stereocenters. The molecule has 4 heteroatoms. The van der Waals surface area contributed by atoms with Gasteiger partial charge >= 0.3 is 5.97 Å². The van der Waals surface area contributed by atoms with Crippen LogP contribution in [0.5, 0.6) is 0 Å². The highest BCUT2D eigenvalue weighted by molar-refractivity contribution is 5.71. The Balaban J connectivity index is 2.01. The van der Waals surface area contributed by atoms with Crippen LogP contribution in [0.4, 0.5) is 0 Å². The maximum atomic E-state index is 11.2. The van der Waals surface area contributed by atoms with Crippen molar-refractivity contribution in [3.63, 3.8) is 0 Å². The van der Waals surface area contributed by atoms with Gasteiger partial charge in [-0.25, -0.2) is 0 Å². The largest absolute Gasteiger partial charge is 0.481 e. The molecular formula is C14H20N2O2. The van der Waals surface area contributed by atoms with E-state index >= 15 is 0 Å². The van der Waals surface area contributed by atoms with Gasteiger partial charge in [-0.1, -0.05) is 30.3 Å². The molecule has 0 amide bonds. The number of carboxylic acid groups (broad SMARTS) is 1. The fourth-order valence-corrected chi connectivity index (χ4v) is 2.49. The van der Waals surface area contributed by atoms with Crippen LogP contribution in [-0.4, -0.2) is 30.2 Å². The number of nitrogens with one attached hydrogen (secondary N) is 2. The number of hydrogen-bond donors (Lipinski definition) is 3. The first-order chi connectivity index (χ1) is 8.68. The Morgan fingerprint density at radius 3 is 2.83 bits per heavy atom. The van der Waals surface area contributed by atoms with Crippen LogP contribution in [0.15, 0.2) is 30.3 Å². The van der Waals surface area contributed by atoms with E-state index < -0.39 is 5.97 Å². The number of benzene rings is 1.